The quantitative estimate of drug-likeness (QED) is 0.278. The first kappa shape index (κ1) is 31.6. The number of nitrogens with one attached hydrogen (secondary N) is 3. The molecule has 230 valence electrons. The van der Waals surface area contributed by atoms with E-state index in [1.165, 1.54) is 11.1 Å². The van der Waals surface area contributed by atoms with Gasteiger partial charge in [0.05, 0.1) is 17.9 Å². The second-order valence-electron chi connectivity index (χ2n) is 11.0. The van der Waals surface area contributed by atoms with E-state index in [2.05, 4.69) is 50.8 Å². The molecule has 2 aromatic rings. The first-order valence-electron chi connectivity index (χ1n) is 14.2. The summed E-state index contributed by atoms with van der Waals surface area (Å²) in [7, 11) is 2.05. The normalized spacial score (nSPS) is 20.9. The van der Waals surface area contributed by atoms with Crippen molar-refractivity contribution < 1.29 is 22.8 Å². The third-order valence-electron chi connectivity index (χ3n) is 7.95. The molecule has 10 nitrogen and oxygen atoms in total. The number of urea groups is 1. The number of rotatable bonds is 8. The van der Waals surface area contributed by atoms with Gasteiger partial charge in [-0.2, -0.15) is 13.2 Å². The highest BCUT2D eigenvalue weighted by Gasteiger charge is 2.34. The molecule has 1 aliphatic carbocycles. The molecule has 0 spiro atoms. The molecule has 1 aromatic heterocycles. The maximum atomic E-state index is 13.3. The van der Waals surface area contributed by atoms with E-state index in [9.17, 15) is 22.8 Å². The van der Waals surface area contributed by atoms with Crippen molar-refractivity contribution in [3.05, 3.63) is 60.6 Å². The van der Waals surface area contributed by atoms with Gasteiger partial charge in [0.25, 0.3) is 0 Å². The van der Waals surface area contributed by atoms with Gasteiger partial charge in [-0.1, -0.05) is 12.6 Å². The van der Waals surface area contributed by atoms with Crippen molar-refractivity contribution >= 4 is 40.5 Å². The fraction of sp³-hybridized carbons (Fsp3) is 0.467. The molecule has 3 amide bonds. The van der Waals surface area contributed by atoms with E-state index < -0.39 is 24.7 Å². The minimum Gasteiger partial charge on any atom is -0.367 e. The zero-order chi connectivity index (χ0) is 31.1. The summed E-state index contributed by atoms with van der Waals surface area (Å²) in [5, 5.41) is 8.21. The number of benzene rings is 1. The van der Waals surface area contributed by atoms with Crippen molar-refractivity contribution in [1.29, 1.82) is 0 Å². The molecular weight excluding hydrogens is 561 g/mol. The van der Waals surface area contributed by atoms with Gasteiger partial charge in [-0.3, -0.25) is 14.7 Å². The van der Waals surface area contributed by atoms with Crippen LogP contribution in [-0.2, 0) is 4.79 Å². The lowest BCUT2D eigenvalue weighted by atomic mass is 9.89. The molecule has 43 heavy (non-hydrogen) atoms. The molecule has 1 saturated heterocycles. The van der Waals surface area contributed by atoms with Crippen molar-refractivity contribution in [1.82, 2.24) is 15.2 Å². The first-order chi connectivity index (χ1) is 20.5. The average molecular weight is 599 g/mol. The predicted octanol–water partition coefficient (Wildman–Crippen LogP) is 5.40. The number of anilines is 4. The predicted molar refractivity (Wildman–Crippen MR) is 162 cm³/mol. The number of hydrogen-bond donors (Lipinski definition) is 3. The Balaban J connectivity index is 1.58. The van der Waals surface area contributed by atoms with Crippen molar-refractivity contribution in [3.63, 3.8) is 0 Å². The number of carbonyl (C=O) groups is 2. The SMILES string of the molecule is [C-]#[N+]c1ccc(NC2CCC(N(C(=O)NCC(F)(F)F)c3ccc(N4CCN(C)[C@@H](C)C4)c(NC(=O)C=C)c3)CC2)nc1. The van der Waals surface area contributed by atoms with Crippen LogP contribution >= 0.6 is 0 Å². The van der Waals surface area contributed by atoms with Crippen LogP contribution in [0.5, 0.6) is 0 Å². The van der Waals surface area contributed by atoms with Crippen LogP contribution in [0.3, 0.4) is 0 Å². The standard InChI is InChI=1S/C30H37F3N8O2/c1-5-28(42)38-25-16-24(11-12-26(25)40-15-14-39(4)20(2)18-40)41(29(43)36-19-30(31,32)33)23-9-6-21(7-10-23)37-27-13-8-22(34-3)17-35-27/h5,8,11-13,16-17,20-21,23H,1,6-7,9-10,14-15,18-19H2,2,4H3,(H,35,37)(H,36,43)(H,38,42)/t20-,21?,23?/m0/s1. The Bertz CT molecular complexity index is 1340. The lowest BCUT2D eigenvalue weighted by Gasteiger charge is -2.40. The summed E-state index contributed by atoms with van der Waals surface area (Å²) in [6.45, 7) is 13.5. The lowest BCUT2D eigenvalue weighted by Crippen LogP contribution is -2.51. The number of piperazine rings is 1. The summed E-state index contributed by atoms with van der Waals surface area (Å²) in [5.41, 5.74) is 2.04. The van der Waals surface area contributed by atoms with E-state index in [0.717, 1.165) is 31.4 Å². The molecule has 3 N–H and O–H groups in total. The van der Waals surface area contributed by atoms with E-state index in [1.807, 2.05) is 11.4 Å². The van der Waals surface area contributed by atoms with E-state index >= 15 is 0 Å². The molecule has 2 aliphatic rings. The molecule has 4 rings (SSSR count). The molecule has 1 aliphatic heterocycles. The number of likely N-dealkylation sites (N-methyl/N-ethyl adjacent to an activating group) is 1. The molecule has 2 fully saturated rings. The van der Waals surface area contributed by atoms with Gasteiger partial charge in [0.15, 0.2) is 0 Å². The van der Waals surface area contributed by atoms with Crippen molar-refractivity contribution in [2.45, 2.75) is 56.9 Å². The second-order valence-corrected chi connectivity index (χ2v) is 11.0. The second kappa shape index (κ2) is 13.8. The number of nitrogens with zero attached hydrogens (tertiary/aromatic N) is 5. The summed E-state index contributed by atoms with van der Waals surface area (Å²) < 4.78 is 39.2. The number of amides is 3. The summed E-state index contributed by atoms with van der Waals surface area (Å²) in [6.07, 6.45) is 0.434. The minimum atomic E-state index is -4.57. The summed E-state index contributed by atoms with van der Waals surface area (Å²) in [5.74, 6) is 0.199. The zero-order valence-corrected chi connectivity index (χ0v) is 24.3. The van der Waals surface area contributed by atoms with Gasteiger partial charge in [-0.25, -0.2) is 9.64 Å². The van der Waals surface area contributed by atoms with Crippen LogP contribution < -0.4 is 25.8 Å². The summed E-state index contributed by atoms with van der Waals surface area (Å²) >= 11 is 0. The van der Waals surface area contributed by atoms with Gasteiger partial charge in [0.2, 0.25) is 11.6 Å². The average Bonchev–Trinajstić information content (AvgIpc) is 2.98. The molecular formula is C30H37F3N8O2. The third kappa shape index (κ3) is 8.38. The van der Waals surface area contributed by atoms with Crippen LogP contribution in [0.1, 0.15) is 32.6 Å². The maximum absolute atomic E-state index is 13.3. The lowest BCUT2D eigenvalue weighted by molar-refractivity contribution is -0.122. The van der Waals surface area contributed by atoms with Gasteiger partial charge in [-0.05, 0) is 70.0 Å². The van der Waals surface area contributed by atoms with Crippen LogP contribution in [0.4, 0.5) is 46.5 Å². The molecule has 1 aromatic carbocycles. The topological polar surface area (TPSA) is 97.2 Å². The minimum absolute atomic E-state index is 0.0478. The Morgan fingerprint density at radius 3 is 2.53 bits per heavy atom. The van der Waals surface area contributed by atoms with Gasteiger partial charge < -0.3 is 25.8 Å². The van der Waals surface area contributed by atoms with E-state index in [0.29, 0.717) is 48.6 Å². The molecule has 0 radical (unpaired) electrons. The zero-order valence-electron chi connectivity index (χ0n) is 24.3. The summed E-state index contributed by atoms with van der Waals surface area (Å²) in [4.78, 5) is 39.1. The highest BCUT2D eigenvalue weighted by atomic mass is 19.4. The fourth-order valence-electron chi connectivity index (χ4n) is 5.48. The Morgan fingerprint density at radius 2 is 1.93 bits per heavy atom. The Labute approximate surface area is 249 Å². The van der Waals surface area contributed by atoms with Crippen molar-refractivity contribution in [3.8, 4) is 0 Å². The Kier molecular flexibility index (Phi) is 10.1. The largest absolute Gasteiger partial charge is 0.405 e. The van der Waals surface area contributed by atoms with E-state index in [4.69, 9.17) is 6.57 Å². The van der Waals surface area contributed by atoms with Gasteiger partial charge in [-0.15, -0.1) is 0 Å². The molecule has 13 heteroatoms. The van der Waals surface area contributed by atoms with Gasteiger partial charge in [0, 0.05) is 49.6 Å². The number of alkyl halides is 3. The van der Waals surface area contributed by atoms with Crippen LogP contribution in [-0.4, -0.2) is 79.4 Å². The number of hydrogen-bond acceptors (Lipinski definition) is 6. The molecule has 1 atom stereocenters. The Morgan fingerprint density at radius 1 is 1.19 bits per heavy atom. The monoisotopic (exact) mass is 598 g/mol. The highest BCUT2D eigenvalue weighted by Crippen LogP contribution is 2.36. The smallest absolute Gasteiger partial charge is 0.367 e. The van der Waals surface area contributed by atoms with E-state index in [-0.39, 0.29) is 18.1 Å². The van der Waals surface area contributed by atoms with Crippen molar-refractivity contribution in [2.24, 2.45) is 0 Å². The number of carbonyl (C=O) groups excluding carboxylic acids is 2. The number of aromatic nitrogens is 1. The number of pyridine rings is 1. The van der Waals surface area contributed by atoms with Crippen LogP contribution in [0.2, 0.25) is 0 Å². The summed E-state index contributed by atoms with van der Waals surface area (Å²) in [6, 6.07) is 7.68. The van der Waals surface area contributed by atoms with Crippen molar-refractivity contribution in [2.75, 3.05) is 53.7 Å². The molecule has 0 unspecified atom stereocenters. The van der Waals surface area contributed by atoms with Gasteiger partial charge >= 0.3 is 12.2 Å². The third-order valence-corrected chi connectivity index (χ3v) is 7.95. The first-order valence-corrected chi connectivity index (χ1v) is 14.2. The molecule has 2 heterocycles. The van der Waals surface area contributed by atoms with Crippen LogP contribution in [0, 0.1) is 6.57 Å². The number of halogens is 3. The maximum Gasteiger partial charge on any atom is 0.405 e. The van der Waals surface area contributed by atoms with Gasteiger partial charge in [0.1, 0.15) is 12.4 Å². The highest BCUT2D eigenvalue weighted by molar-refractivity contribution is 6.02. The van der Waals surface area contributed by atoms with E-state index in [1.54, 1.807) is 24.3 Å². The molecule has 0 bridgehead atoms. The Hall–Kier alpha value is -4.31. The molecule has 1 saturated carbocycles. The van der Waals surface area contributed by atoms with Crippen LogP contribution in [0.15, 0.2) is 49.2 Å². The van der Waals surface area contributed by atoms with Crippen LogP contribution in [0.25, 0.3) is 4.85 Å². The fourth-order valence-corrected chi connectivity index (χ4v) is 5.48.